The predicted molar refractivity (Wildman–Crippen MR) is 127 cm³/mol. The zero-order valence-corrected chi connectivity index (χ0v) is 17.1. The fourth-order valence-electron chi connectivity index (χ4n) is 4.79. The standard InChI is InChI=1S/C28H20N2O/c1-18(31)30-24-16-7-5-12-21(24)26-23-15-9-14-20(19-10-3-2-4-11-19)27(23)29-28(26)22-13-6-8-17-25(22)30/h2-17,29H,1H3. The van der Waals surface area contributed by atoms with Gasteiger partial charge in [0.05, 0.1) is 22.6 Å². The fourth-order valence-corrected chi connectivity index (χ4v) is 4.79. The molecule has 3 nitrogen and oxygen atoms in total. The summed E-state index contributed by atoms with van der Waals surface area (Å²) in [6.45, 7) is 1.62. The summed E-state index contributed by atoms with van der Waals surface area (Å²) in [5, 5.41) is 1.16. The van der Waals surface area contributed by atoms with E-state index < -0.39 is 0 Å². The quantitative estimate of drug-likeness (QED) is 0.318. The first-order valence-corrected chi connectivity index (χ1v) is 10.4. The lowest BCUT2D eigenvalue weighted by Gasteiger charge is -2.23. The van der Waals surface area contributed by atoms with Crippen molar-refractivity contribution in [3.05, 3.63) is 97.1 Å². The molecule has 5 aromatic rings. The monoisotopic (exact) mass is 400 g/mol. The van der Waals surface area contributed by atoms with Crippen LogP contribution in [0.3, 0.4) is 0 Å². The second-order valence-electron chi connectivity index (χ2n) is 7.86. The summed E-state index contributed by atoms with van der Waals surface area (Å²) < 4.78 is 0. The van der Waals surface area contributed by atoms with Gasteiger partial charge in [0.1, 0.15) is 0 Å². The molecule has 0 spiro atoms. The number of carbonyl (C=O) groups is 1. The van der Waals surface area contributed by atoms with E-state index in [4.69, 9.17) is 0 Å². The summed E-state index contributed by atoms with van der Waals surface area (Å²) >= 11 is 0. The molecular formula is C28H20N2O. The van der Waals surface area contributed by atoms with Crippen LogP contribution in [-0.2, 0) is 4.79 Å². The van der Waals surface area contributed by atoms with Gasteiger partial charge in [-0.15, -0.1) is 0 Å². The molecule has 1 N–H and O–H groups in total. The lowest BCUT2D eigenvalue weighted by molar-refractivity contribution is -0.115. The number of nitrogens with zero attached hydrogens (tertiary/aromatic N) is 1. The molecule has 1 aliphatic rings. The Hall–Kier alpha value is -4.11. The van der Waals surface area contributed by atoms with Crippen LogP contribution >= 0.6 is 0 Å². The molecule has 0 radical (unpaired) electrons. The van der Waals surface area contributed by atoms with E-state index in [0.717, 1.165) is 44.7 Å². The number of anilines is 2. The SMILES string of the molecule is CC(=O)N1c2ccccc2-c2[nH]c3c(-c4ccccc4)cccc3c2-c2ccccc21. The molecule has 0 saturated carbocycles. The van der Waals surface area contributed by atoms with Gasteiger partial charge in [0.15, 0.2) is 0 Å². The molecule has 0 atom stereocenters. The molecule has 0 fully saturated rings. The molecule has 3 heteroatoms. The number of hydrogen-bond acceptors (Lipinski definition) is 1. The van der Waals surface area contributed by atoms with Crippen molar-refractivity contribution in [2.45, 2.75) is 6.92 Å². The molecule has 6 rings (SSSR count). The Morgan fingerprint density at radius 2 is 1.29 bits per heavy atom. The van der Waals surface area contributed by atoms with Gasteiger partial charge in [0, 0.05) is 34.6 Å². The van der Waals surface area contributed by atoms with E-state index in [1.165, 1.54) is 11.1 Å². The van der Waals surface area contributed by atoms with Crippen molar-refractivity contribution >= 4 is 28.2 Å². The molecule has 1 amide bonds. The predicted octanol–water partition coefficient (Wildman–Crippen LogP) is 7.17. The van der Waals surface area contributed by atoms with Crippen LogP contribution in [0.25, 0.3) is 44.4 Å². The van der Waals surface area contributed by atoms with Gasteiger partial charge in [0.25, 0.3) is 0 Å². The van der Waals surface area contributed by atoms with Crippen molar-refractivity contribution < 1.29 is 4.79 Å². The van der Waals surface area contributed by atoms with E-state index in [1.54, 1.807) is 6.92 Å². The summed E-state index contributed by atoms with van der Waals surface area (Å²) in [7, 11) is 0. The van der Waals surface area contributed by atoms with Gasteiger partial charge in [-0.3, -0.25) is 9.69 Å². The number of benzene rings is 4. The van der Waals surface area contributed by atoms with Crippen LogP contribution in [0.4, 0.5) is 11.4 Å². The number of carbonyl (C=O) groups excluding carboxylic acids is 1. The number of aromatic amines is 1. The highest BCUT2D eigenvalue weighted by molar-refractivity contribution is 6.17. The summed E-state index contributed by atoms with van der Waals surface area (Å²) in [5.41, 5.74) is 9.53. The highest BCUT2D eigenvalue weighted by Gasteiger charge is 2.29. The highest BCUT2D eigenvalue weighted by Crippen LogP contribution is 2.50. The number of H-pyrrole nitrogens is 1. The van der Waals surface area contributed by atoms with Crippen molar-refractivity contribution in [1.29, 1.82) is 0 Å². The number of para-hydroxylation sites is 3. The number of nitrogens with one attached hydrogen (secondary N) is 1. The summed E-state index contributed by atoms with van der Waals surface area (Å²) in [6, 6.07) is 33.2. The smallest absolute Gasteiger partial charge is 0.228 e. The van der Waals surface area contributed by atoms with Crippen LogP contribution in [0.2, 0.25) is 0 Å². The second-order valence-corrected chi connectivity index (χ2v) is 7.86. The van der Waals surface area contributed by atoms with Crippen molar-refractivity contribution in [1.82, 2.24) is 4.98 Å². The lowest BCUT2D eigenvalue weighted by Crippen LogP contribution is -2.23. The van der Waals surface area contributed by atoms with E-state index in [9.17, 15) is 4.79 Å². The number of rotatable bonds is 1. The van der Waals surface area contributed by atoms with E-state index in [-0.39, 0.29) is 5.91 Å². The summed E-state index contributed by atoms with van der Waals surface area (Å²) in [4.78, 5) is 18.3. The maximum absolute atomic E-state index is 12.8. The minimum Gasteiger partial charge on any atom is -0.353 e. The Bertz CT molecular complexity index is 1460. The van der Waals surface area contributed by atoms with Gasteiger partial charge >= 0.3 is 0 Å². The van der Waals surface area contributed by atoms with Crippen molar-refractivity contribution in [3.63, 3.8) is 0 Å². The molecule has 1 aromatic heterocycles. The number of aromatic nitrogens is 1. The first kappa shape index (κ1) is 17.7. The Balaban J connectivity index is 1.77. The lowest BCUT2D eigenvalue weighted by atomic mass is 9.96. The number of hydrogen-bond donors (Lipinski definition) is 1. The summed E-state index contributed by atoms with van der Waals surface area (Å²) in [6.07, 6.45) is 0. The molecule has 0 unspecified atom stereocenters. The van der Waals surface area contributed by atoms with Gasteiger partial charge in [-0.25, -0.2) is 0 Å². The molecular weight excluding hydrogens is 380 g/mol. The van der Waals surface area contributed by atoms with Gasteiger partial charge in [-0.05, 0) is 17.7 Å². The van der Waals surface area contributed by atoms with Crippen molar-refractivity contribution in [2.24, 2.45) is 0 Å². The molecule has 0 bridgehead atoms. The molecule has 0 saturated heterocycles. The zero-order chi connectivity index (χ0) is 20.9. The van der Waals surface area contributed by atoms with Crippen LogP contribution in [0.5, 0.6) is 0 Å². The fraction of sp³-hybridized carbons (Fsp3) is 0.0357. The van der Waals surface area contributed by atoms with Crippen LogP contribution in [0.15, 0.2) is 97.1 Å². The minimum absolute atomic E-state index is 0.000617. The third-order valence-electron chi connectivity index (χ3n) is 6.06. The third kappa shape index (κ3) is 2.57. The van der Waals surface area contributed by atoms with Crippen molar-refractivity contribution in [2.75, 3.05) is 4.90 Å². The Morgan fingerprint density at radius 3 is 2.03 bits per heavy atom. The first-order valence-electron chi connectivity index (χ1n) is 10.4. The Labute approximate surface area is 180 Å². The normalized spacial score (nSPS) is 12.1. The second kappa shape index (κ2) is 6.71. The zero-order valence-electron chi connectivity index (χ0n) is 17.1. The van der Waals surface area contributed by atoms with Crippen LogP contribution in [-0.4, -0.2) is 10.9 Å². The molecule has 0 aliphatic carbocycles. The molecule has 31 heavy (non-hydrogen) atoms. The molecule has 1 aliphatic heterocycles. The third-order valence-corrected chi connectivity index (χ3v) is 6.06. The largest absolute Gasteiger partial charge is 0.353 e. The van der Waals surface area contributed by atoms with E-state index >= 15 is 0 Å². The highest BCUT2D eigenvalue weighted by atomic mass is 16.2. The van der Waals surface area contributed by atoms with Crippen LogP contribution in [0, 0.1) is 0 Å². The molecule has 4 aromatic carbocycles. The van der Waals surface area contributed by atoms with Gasteiger partial charge in [-0.1, -0.05) is 84.9 Å². The molecule has 148 valence electrons. The van der Waals surface area contributed by atoms with Crippen LogP contribution < -0.4 is 4.90 Å². The van der Waals surface area contributed by atoms with E-state index in [2.05, 4.69) is 59.6 Å². The summed E-state index contributed by atoms with van der Waals surface area (Å²) in [5.74, 6) is -0.000617. The average Bonchev–Trinajstić information content (AvgIpc) is 3.14. The minimum atomic E-state index is -0.000617. The maximum atomic E-state index is 12.8. The Kier molecular flexibility index (Phi) is 3.84. The number of amides is 1. The van der Waals surface area contributed by atoms with Crippen molar-refractivity contribution in [3.8, 4) is 33.5 Å². The van der Waals surface area contributed by atoms with Gasteiger partial charge < -0.3 is 4.98 Å². The van der Waals surface area contributed by atoms with Gasteiger partial charge in [0.2, 0.25) is 5.91 Å². The number of fused-ring (bicyclic) bond motifs is 7. The van der Waals surface area contributed by atoms with Gasteiger partial charge in [-0.2, -0.15) is 0 Å². The maximum Gasteiger partial charge on any atom is 0.228 e. The van der Waals surface area contributed by atoms with E-state index in [1.807, 2.05) is 47.4 Å². The van der Waals surface area contributed by atoms with Crippen LogP contribution in [0.1, 0.15) is 6.92 Å². The van der Waals surface area contributed by atoms with E-state index in [0.29, 0.717) is 0 Å². The first-order chi connectivity index (χ1) is 15.2. The molecule has 2 heterocycles. The Morgan fingerprint density at radius 1 is 0.677 bits per heavy atom. The average molecular weight is 400 g/mol. The topological polar surface area (TPSA) is 36.1 Å².